The third-order valence-corrected chi connectivity index (χ3v) is 6.16. The van der Waals surface area contributed by atoms with Gasteiger partial charge in [0.2, 0.25) is 0 Å². The Morgan fingerprint density at radius 1 is 1.06 bits per heavy atom. The molecule has 1 atom stereocenters. The lowest BCUT2D eigenvalue weighted by Crippen LogP contribution is -2.43. The number of nitrogen functional groups attached to an aromatic ring is 1. The fourth-order valence-electron chi connectivity index (χ4n) is 4.42. The number of carbonyl (C=O) groups excluding carboxylic acids is 1. The van der Waals surface area contributed by atoms with Crippen LogP contribution in [0, 0.1) is 0 Å². The van der Waals surface area contributed by atoms with Crippen LogP contribution in [0.5, 0.6) is 0 Å². The molecule has 6 heteroatoms. The van der Waals surface area contributed by atoms with Gasteiger partial charge in [0.25, 0.3) is 5.91 Å². The lowest BCUT2D eigenvalue weighted by Gasteiger charge is -2.35. The van der Waals surface area contributed by atoms with Crippen molar-refractivity contribution in [2.24, 2.45) is 0 Å². The lowest BCUT2D eigenvalue weighted by atomic mass is 9.94. The van der Waals surface area contributed by atoms with Crippen molar-refractivity contribution >= 4 is 17.4 Å². The van der Waals surface area contributed by atoms with Gasteiger partial charge in [-0.1, -0.05) is 24.3 Å². The highest BCUT2D eigenvalue weighted by atomic mass is 16.5. The highest BCUT2D eigenvalue weighted by Crippen LogP contribution is 2.32. The van der Waals surface area contributed by atoms with Gasteiger partial charge in [0.15, 0.2) is 0 Å². The number of nitrogens with one attached hydrogen (secondary N) is 1. The van der Waals surface area contributed by atoms with Crippen molar-refractivity contribution in [2.45, 2.75) is 19.4 Å². The number of anilines is 2. The van der Waals surface area contributed by atoms with Crippen LogP contribution in [0.2, 0.25) is 0 Å². The topological polar surface area (TPSA) is 80.5 Å². The number of benzene rings is 2. The number of aromatic nitrogens is 1. The summed E-state index contributed by atoms with van der Waals surface area (Å²) in [5.41, 5.74) is 13.2. The molecule has 0 bridgehead atoms. The van der Waals surface area contributed by atoms with Gasteiger partial charge in [0.05, 0.1) is 13.2 Å². The van der Waals surface area contributed by atoms with E-state index in [0.29, 0.717) is 18.4 Å². The van der Waals surface area contributed by atoms with E-state index in [4.69, 9.17) is 10.5 Å². The van der Waals surface area contributed by atoms with E-state index in [-0.39, 0.29) is 5.91 Å². The number of fused-ring (bicyclic) bond motifs is 1. The minimum absolute atomic E-state index is 0.0117. The van der Waals surface area contributed by atoms with Crippen LogP contribution in [0.1, 0.15) is 22.8 Å². The monoisotopic (exact) mass is 414 g/mol. The van der Waals surface area contributed by atoms with Crippen molar-refractivity contribution in [1.29, 1.82) is 0 Å². The van der Waals surface area contributed by atoms with Crippen molar-refractivity contribution in [3.05, 3.63) is 65.9 Å². The van der Waals surface area contributed by atoms with Crippen LogP contribution in [-0.4, -0.2) is 43.2 Å². The van der Waals surface area contributed by atoms with Crippen molar-refractivity contribution in [2.75, 3.05) is 36.9 Å². The summed E-state index contributed by atoms with van der Waals surface area (Å²) in [6, 6.07) is 16.9. The summed E-state index contributed by atoms with van der Waals surface area (Å²) in [4.78, 5) is 18.9. The standard InChI is InChI=1S/C25H26N4O2/c1-16-15-31-11-10-29(16)21-5-2-17(3-6-21)20-13-23(24(26)28-14-20)18-4-7-22-19(12-18)8-9-27-25(22)30/h2-7,12-14,16H,8-11,15H2,1H3,(H2,26,28)(H,27,30). The van der Waals surface area contributed by atoms with E-state index in [2.05, 4.69) is 58.5 Å². The number of nitrogens with zero attached hydrogens (tertiary/aromatic N) is 2. The number of pyridine rings is 1. The highest BCUT2D eigenvalue weighted by molar-refractivity contribution is 5.97. The Kier molecular flexibility index (Phi) is 5.08. The van der Waals surface area contributed by atoms with Gasteiger partial charge in [0, 0.05) is 47.7 Å². The molecule has 1 fully saturated rings. The van der Waals surface area contributed by atoms with E-state index in [1.165, 1.54) is 5.69 Å². The second kappa shape index (κ2) is 8.04. The zero-order valence-electron chi connectivity index (χ0n) is 17.6. The van der Waals surface area contributed by atoms with E-state index in [0.717, 1.165) is 59.6 Å². The molecule has 3 heterocycles. The van der Waals surface area contributed by atoms with Crippen molar-refractivity contribution in [1.82, 2.24) is 10.3 Å². The summed E-state index contributed by atoms with van der Waals surface area (Å²) in [7, 11) is 0. The number of rotatable bonds is 3. The Balaban J connectivity index is 1.46. The zero-order valence-corrected chi connectivity index (χ0v) is 17.6. The van der Waals surface area contributed by atoms with Crippen LogP contribution >= 0.6 is 0 Å². The quantitative estimate of drug-likeness (QED) is 0.686. The maximum atomic E-state index is 12.0. The van der Waals surface area contributed by atoms with Crippen LogP contribution in [0.15, 0.2) is 54.7 Å². The molecule has 5 rings (SSSR count). The molecule has 6 nitrogen and oxygen atoms in total. The highest BCUT2D eigenvalue weighted by Gasteiger charge is 2.20. The molecule has 2 aliphatic rings. The Morgan fingerprint density at radius 3 is 2.68 bits per heavy atom. The van der Waals surface area contributed by atoms with Crippen molar-refractivity contribution < 1.29 is 9.53 Å². The minimum Gasteiger partial charge on any atom is -0.383 e. The van der Waals surface area contributed by atoms with E-state index < -0.39 is 0 Å². The third-order valence-electron chi connectivity index (χ3n) is 6.16. The first-order valence-corrected chi connectivity index (χ1v) is 10.7. The number of hydrogen-bond donors (Lipinski definition) is 2. The number of ether oxygens (including phenoxy) is 1. The van der Waals surface area contributed by atoms with E-state index in [9.17, 15) is 4.79 Å². The molecule has 2 aliphatic heterocycles. The molecule has 0 radical (unpaired) electrons. The van der Waals surface area contributed by atoms with Crippen LogP contribution in [-0.2, 0) is 11.2 Å². The van der Waals surface area contributed by atoms with E-state index >= 15 is 0 Å². The molecule has 158 valence electrons. The first kappa shape index (κ1) is 19.6. The number of nitrogens with two attached hydrogens (primary N) is 1. The molecular formula is C25H26N4O2. The molecule has 0 aliphatic carbocycles. The molecule has 0 saturated carbocycles. The largest absolute Gasteiger partial charge is 0.383 e. The molecule has 1 saturated heterocycles. The SMILES string of the molecule is CC1COCCN1c1ccc(-c2cnc(N)c(-c3ccc4c(c3)CCNC4=O)c2)cc1. The maximum absolute atomic E-state index is 12.0. The van der Waals surface area contributed by atoms with Gasteiger partial charge >= 0.3 is 0 Å². The molecule has 3 aromatic rings. The fourth-order valence-corrected chi connectivity index (χ4v) is 4.42. The number of morpholine rings is 1. The van der Waals surface area contributed by atoms with E-state index in [1.807, 2.05) is 18.3 Å². The predicted octanol–water partition coefficient (Wildman–Crippen LogP) is 3.51. The predicted molar refractivity (Wildman–Crippen MR) is 123 cm³/mol. The van der Waals surface area contributed by atoms with Gasteiger partial charge in [-0.05, 0) is 54.3 Å². The maximum Gasteiger partial charge on any atom is 0.251 e. The summed E-state index contributed by atoms with van der Waals surface area (Å²) < 4.78 is 5.55. The van der Waals surface area contributed by atoms with Gasteiger partial charge in [0.1, 0.15) is 5.82 Å². The zero-order chi connectivity index (χ0) is 21.4. The van der Waals surface area contributed by atoms with Crippen LogP contribution in [0.4, 0.5) is 11.5 Å². The van der Waals surface area contributed by atoms with Crippen LogP contribution < -0.4 is 16.0 Å². The first-order valence-electron chi connectivity index (χ1n) is 10.7. The Bertz CT molecular complexity index is 1130. The summed E-state index contributed by atoms with van der Waals surface area (Å²) in [5.74, 6) is 0.477. The smallest absolute Gasteiger partial charge is 0.251 e. The first-order chi connectivity index (χ1) is 15.1. The second-order valence-corrected chi connectivity index (χ2v) is 8.20. The molecule has 1 amide bonds. The van der Waals surface area contributed by atoms with E-state index in [1.54, 1.807) is 0 Å². The molecule has 31 heavy (non-hydrogen) atoms. The van der Waals surface area contributed by atoms with Crippen molar-refractivity contribution in [3.63, 3.8) is 0 Å². The summed E-state index contributed by atoms with van der Waals surface area (Å²) in [6.45, 7) is 5.28. The number of amides is 1. The van der Waals surface area contributed by atoms with Crippen molar-refractivity contribution in [3.8, 4) is 22.3 Å². The van der Waals surface area contributed by atoms with Gasteiger partial charge in [-0.15, -0.1) is 0 Å². The lowest BCUT2D eigenvalue weighted by molar-refractivity contribution is 0.0946. The minimum atomic E-state index is -0.0117. The Hall–Kier alpha value is -3.38. The molecule has 3 N–H and O–H groups in total. The molecule has 2 aromatic carbocycles. The van der Waals surface area contributed by atoms with Gasteiger partial charge < -0.3 is 20.7 Å². The summed E-state index contributed by atoms with van der Waals surface area (Å²) >= 11 is 0. The molecular weight excluding hydrogens is 388 g/mol. The van der Waals surface area contributed by atoms with Gasteiger partial charge in [-0.2, -0.15) is 0 Å². The number of hydrogen-bond acceptors (Lipinski definition) is 5. The van der Waals surface area contributed by atoms with Crippen LogP contribution in [0.3, 0.4) is 0 Å². The third kappa shape index (κ3) is 3.75. The average Bonchev–Trinajstić information content (AvgIpc) is 2.80. The second-order valence-electron chi connectivity index (χ2n) is 8.20. The fraction of sp³-hybridized carbons (Fsp3) is 0.280. The summed E-state index contributed by atoms with van der Waals surface area (Å²) in [6.07, 6.45) is 2.64. The Labute approximate surface area is 182 Å². The van der Waals surface area contributed by atoms with Crippen LogP contribution in [0.25, 0.3) is 22.3 Å². The van der Waals surface area contributed by atoms with Gasteiger partial charge in [-0.25, -0.2) is 4.98 Å². The average molecular weight is 415 g/mol. The number of carbonyl (C=O) groups is 1. The molecule has 1 aromatic heterocycles. The Morgan fingerprint density at radius 2 is 1.87 bits per heavy atom. The molecule has 0 spiro atoms. The molecule has 1 unspecified atom stereocenters. The summed E-state index contributed by atoms with van der Waals surface area (Å²) in [5, 5.41) is 2.88. The normalized spacial score (nSPS) is 18.4. The van der Waals surface area contributed by atoms with Gasteiger partial charge in [-0.3, -0.25) is 4.79 Å².